The quantitative estimate of drug-likeness (QED) is 0.0139. The highest BCUT2D eigenvalue weighted by Crippen LogP contribution is 2.14. The lowest BCUT2D eigenvalue weighted by molar-refractivity contribution is -0.142. The molecule has 0 aliphatic rings. The number of amides is 10. The summed E-state index contributed by atoms with van der Waals surface area (Å²) in [6.45, 7) is 9.94. The standard InChI is InChI=1S/C59H88N14O17/c1-31(2)24-40(69-55(87)43(28-45(61)75)71-52(84)39(20-22-47(78)79)66-50(82)37(60)19-21-46(76)77)53(85)68-41(25-32(3)4)54(86)72-44(29-48(80)81)56(88)70-42(27-35-16-11-8-12-17-35)57(89)73-49(33(5)6)58(90)67-38(18-13-23-64-59(62)63)51(83)65-36(30-74)26-34-14-9-7-10-15-34/h7-12,14-17,30-33,36-44,49H,13,18-29,60H2,1-6H3,(H2,61,75)(H,65,83)(H,66,82)(H,67,90)(H,68,85)(H,69,87)(H,70,88)(H,71,84)(H,72,86)(H,73,89)(H,76,77)(H,78,79)(H,80,81)(H4,62,63,64)/t36-,37-,38-,39-,40-,41-,42-,43-,44-,49-/m0/s1. The van der Waals surface area contributed by atoms with Crippen LogP contribution in [-0.4, -0.2) is 172 Å². The number of carboxylic acid groups (broad SMARTS) is 3. The summed E-state index contributed by atoms with van der Waals surface area (Å²) in [7, 11) is 0. The lowest BCUT2D eigenvalue weighted by atomic mass is 9.99. The first-order chi connectivity index (χ1) is 42.3. The van der Waals surface area contributed by atoms with Crippen LogP contribution in [0.15, 0.2) is 65.7 Å². The number of nitrogens with one attached hydrogen (secondary N) is 9. The Kier molecular flexibility index (Phi) is 33.5. The molecule has 0 heterocycles. The SMILES string of the molecule is CC(C)C[C@H](NC(=O)[C@H](CC(C)C)NC(=O)[C@H](CC(N)=O)NC(=O)[C@H](CCC(=O)O)NC(=O)[C@@H](N)CCC(=O)O)C(=O)N[C@@H](CC(=O)O)C(=O)N[C@@H](Cc1ccccc1)C(=O)N[C@H](C(=O)N[C@@H](CCCN=C(N)N)C(=O)N[C@H](C=O)Cc1ccccc1)C(C)C. The third-order valence-electron chi connectivity index (χ3n) is 13.5. The van der Waals surface area contributed by atoms with Crippen molar-refractivity contribution in [3.8, 4) is 0 Å². The summed E-state index contributed by atoms with van der Waals surface area (Å²) in [6, 6.07) is 1.86. The van der Waals surface area contributed by atoms with Crippen molar-refractivity contribution in [2.45, 2.75) is 179 Å². The lowest BCUT2D eigenvalue weighted by Gasteiger charge is -2.29. The van der Waals surface area contributed by atoms with Crippen molar-refractivity contribution < 1.29 is 82.4 Å². The fraction of sp³-hybridized carbons (Fsp3) is 0.542. The number of nitrogens with zero attached hydrogens (tertiary/aromatic N) is 1. The zero-order valence-corrected chi connectivity index (χ0v) is 51.4. The molecule has 0 bridgehead atoms. The number of guanidine groups is 1. The van der Waals surface area contributed by atoms with Crippen LogP contribution in [0.3, 0.4) is 0 Å². The molecule has 0 radical (unpaired) electrons. The van der Waals surface area contributed by atoms with Crippen LogP contribution < -0.4 is 70.8 Å². The third-order valence-corrected chi connectivity index (χ3v) is 13.5. The summed E-state index contributed by atoms with van der Waals surface area (Å²) in [5.41, 5.74) is 23.4. The molecule has 10 atom stereocenters. The van der Waals surface area contributed by atoms with Gasteiger partial charge >= 0.3 is 17.9 Å². The molecule has 0 saturated carbocycles. The molecule has 2 aromatic rings. The normalized spacial score (nSPS) is 14.4. The largest absolute Gasteiger partial charge is 0.481 e. The van der Waals surface area contributed by atoms with Crippen molar-refractivity contribution in [3.05, 3.63) is 71.8 Å². The second-order valence-corrected chi connectivity index (χ2v) is 22.7. The number of hydrogen-bond acceptors (Lipinski definition) is 16. The van der Waals surface area contributed by atoms with Crippen molar-refractivity contribution in [1.29, 1.82) is 0 Å². The van der Waals surface area contributed by atoms with Gasteiger partial charge in [0, 0.05) is 25.8 Å². The van der Waals surface area contributed by atoms with Gasteiger partial charge in [-0.3, -0.25) is 67.3 Å². The summed E-state index contributed by atoms with van der Waals surface area (Å²) in [5.74, 6) is -16.2. The summed E-state index contributed by atoms with van der Waals surface area (Å²) >= 11 is 0. The van der Waals surface area contributed by atoms with Gasteiger partial charge in [0.05, 0.1) is 24.9 Å². The van der Waals surface area contributed by atoms with Crippen LogP contribution in [0.5, 0.6) is 0 Å². The van der Waals surface area contributed by atoms with E-state index >= 15 is 0 Å². The number of carboxylic acids is 3. The number of carbonyl (C=O) groups excluding carboxylic acids is 11. The Hall–Kier alpha value is -9.55. The van der Waals surface area contributed by atoms with Crippen LogP contribution in [-0.2, 0) is 80.0 Å². The Morgan fingerprint density at radius 3 is 1.31 bits per heavy atom. The zero-order chi connectivity index (χ0) is 67.8. The number of carbonyl (C=O) groups is 14. The number of aldehydes is 1. The number of aliphatic imine (C=N–C) groups is 1. The minimum Gasteiger partial charge on any atom is -0.481 e. The van der Waals surface area contributed by atoms with Gasteiger partial charge in [-0.05, 0) is 73.8 Å². The molecule has 0 fully saturated rings. The highest BCUT2D eigenvalue weighted by atomic mass is 16.4. The molecule has 496 valence electrons. The Labute approximate surface area is 520 Å². The number of aliphatic carboxylic acids is 3. The molecule has 2 rings (SSSR count). The summed E-state index contributed by atoms with van der Waals surface area (Å²) in [4.78, 5) is 189. The van der Waals surface area contributed by atoms with Gasteiger partial charge in [0.1, 0.15) is 54.6 Å². The molecule has 2 aromatic carbocycles. The fourth-order valence-corrected chi connectivity index (χ4v) is 8.95. The molecule has 10 amide bonds. The molecule has 0 unspecified atom stereocenters. The zero-order valence-electron chi connectivity index (χ0n) is 51.4. The second kappa shape index (κ2) is 39.4. The molecule has 0 spiro atoms. The van der Waals surface area contributed by atoms with Crippen LogP contribution in [0, 0.1) is 17.8 Å². The van der Waals surface area contributed by atoms with E-state index in [1.165, 1.54) is 0 Å². The van der Waals surface area contributed by atoms with E-state index in [1.807, 2.05) is 0 Å². The third kappa shape index (κ3) is 29.9. The molecular weight excluding hydrogens is 1180 g/mol. The minimum absolute atomic E-state index is 0.0205. The van der Waals surface area contributed by atoms with E-state index < -0.39 is 175 Å². The maximum absolute atomic E-state index is 14.5. The summed E-state index contributed by atoms with van der Waals surface area (Å²) in [6.07, 6.45) is -3.74. The topological polar surface area (TPSA) is 524 Å². The monoisotopic (exact) mass is 1260 g/mol. The average molecular weight is 1270 g/mol. The number of hydrogen-bond donors (Lipinski definition) is 16. The van der Waals surface area contributed by atoms with Crippen LogP contribution in [0.2, 0.25) is 0 Å². The van der Waals surface area contributed by atoms with Gasteiger partial charge in [0.15, 0.2) is 5.96 Å². The van der Waals surface area contributed by atoms with Crippen molar-refractivity contribution >= 4 is 89.2 Å². The highest BCUT2D eigenvalue weighted by molar-refractivity contribution is 6.00. The first-order valence-corrected chi connectivity index (χ1v) is 29.3. The Bertz CT molecular complexity index is 2820. The molecule has 0 aromatic heterocycles. The Balaban J connectivity index is 2.48. The first-order valence-electron chi connectivity index (χ1n) is 29.3. The molecule has 90 heavy (non-hydrogen) atoms. The second-order valence-electron chi connectivity index (χ2n) is 22.7. The first kappa shape index (κ1) is 76.5. The maximum Gasteiger partial charge on any atom is 0.305 e. The fourth-order valence-electron chi connectivity index (χ4n) is 8.95. The van der Waals surface area contributed by atoms with E-state index in [1.54, 1.807) is 102 Å². The smallest absolute Gasteiger partial charge is 0.305 e. The maximum atomic E-state index is 14.5. The van der Waals surface area contributed by atoms with Crippen molar-refractivity contribution in [3.63, 3.8) is 0 Å². The van der Waals surface area contributed by atoms with E-state index in [9.17, 15) is 77.3 Å². The van der Waals surface area contributed by atoms with E-state index in [-0.39, 0.29) is 69.3 Å². The number of primary amides is 1. The van der Waals surface area contributed by atoms with Crippen molar-refractivity contribution in [2.75, 3.05) is 6.54 Å². The van der Waals surface area contributed by atoms with Gasteiger partial charge < -0.3 is 90.9 Å². The van der Waals surface area contributed by atoms with Gasteiger partial charge in [-0.2, -0.15) is 0 Å². The van der Waals surface area contributed by atoms with Gasteiger partial charge in [0.25, 0.3) is 0 Å². The number of rotatable bonds is 42. The van der Waals surface area contributed by atoms with Gasteiger partial charge in [-0.1, -0.05) is 102 Å². The van der Waals surface area contributed by atoms with E-state index in [4.69, 9.17) is 28.0 Å². The van der Waals surface area contributed by atoms with Crippen molar-refractivity contribution in [2.24, 2.45) is 45.7 Å². The minimum atomic E-state index is -1.93. The average Bonchev–Trinajstić information content (AvgIpc) is 3.66. The molecule has 0 aliphatic heterocycles. The van der Waals surface area contributed by atoms with Crippen LogP contribution in [0.1, 0.15) is 117 Å². The van der Waals surface area contributed by atoms with Gasteiger partial charge in [-0.25, -0.2) is 0 Å². The van der Waals surface area contributed by atoms with E-state index in [0.717, 1.165) is 5.56 Å². The van der Waals surface area contributed by atoms with Crippen molar-refractivity contribution in [1.82, 2.24) is 47.9 Å². The van der Waals surface area contributed by atoms with Crippen LogP contribution in [0.4, 0.5) is 0 Å². The van der Waals surface area contributed by atoms with E-state index in [2.05, 4.69) is 52.8 Å². The predicted molar refractivity (Wildman–Crippen MR) is 325 cm³/mol. The highest BCUT2D eigenvalue weighted by Gasteiger charge is 2.37. The lowest BCUT2D eigenvalue weighted by Crippen LogP contribution is -2.61. The Morgan fingerprint density at radius 1 is 0.456 bits per heavy atom. The van der Waals surface area contributed by atoms with Crippen LogP contribution in [0.25, 0.3) is 0 Å². The summed E-state index contributed by atoms with van der Waals surface area (Å²) in [5, 5.41) is 50.6. The Morgan fingerprint density at radius 2 is 0.856 bits per heavy atom. The van der Waals surface area contributed by atoms with Crippen LogP contribution >= 0.6 is 0 Å². The summed E-state index contributed by atoms with van der Waals surface area (Å²) < 4.78 is 0. The van der Waals surface area contributed by atoms with Gasteiger partial charge in [0.2, 0.25) is 59.1 Å². The molecule has 0 aliphatic carbocycles. The predicted octanol–water partition coefficient (Wildman–Crippen LogP) is -2.76. The molecule has 20 N–H and O–H groups in total. The molecule has 0 saturated heterocycles. The number of benzene rings is 2. The van der Waals surface area contributed by atoms with E-state index in [0.29, 0.717) is 11.8 Å². The van der Waals surface area contributed by atoms with Gasteiger partial charge in [-0.15, -0.1) is 0 Å². The molecular formula is C59H88N14O17. The molecule has 31 heteroatoms. The number of nitrogens with two attached hydrogens (primary N) is 4. The molecule has 31 nitrogen and oxygen atoms in total.